The van der Waals surface area contributed by atoms with Crippen LogP contribution in [0.15, 0.2) is 66.1 Å². The van der Waals surface area contributed by atoms with Crippen molar-refractivity contribution in [3.05, 3.63) is 94.2 Å². The number of rotatable bonds is 6. The van der Waals surface area contributed by atoms with E-state index < -0.39 is 23.2 Å². The van der Waals surface area contributed by atoms with E-state index in [4.69, 9.17) is 0 Å². The molecule has 2 aromatic carbocycles. The maximum atomic E-state index is 15.3. The first kappa shape index (κ1) is 20.0. The Balaban J connectivity index is 1.53. The van der Waals surface area contributed by atoms with Crippen LogP contribution in [0.2, 0.25) is 0 Å². The Bertz CT molecular complexity index is 1350. The van der Waals surface area contributed by atoms with Crippen molar-refractivity contribution in [3.63, 3.8) is 0 Å². The topological polar surface area (TPSA) is 76.3 Å². The van der Waals surface area contributed by atoms with Gasteiger partial charge in [0, 0.05) is 35.6 Å². The van der Waals surface area contributed by atoms with Crippen LogP contribution in [0.3, 0.4) is 0 Å². The largest absolute Gasteiger partial charge is 0.343 e. The lowest BCUT2D eigenvalue weighted by Crippen LogP contribution is -2.07. The Morgan fingerprint density at radius 2 is 1.94 bits per heavy atom. The first-order valence-corrected chi connectivity index (χ1v) is 10.2. The molecule has 0 aliphatic heterocycles. The molecule has 6 nitrogen and oxygen atoms in total. The summed E-state index contributed by atoms with van der Waals surface area (Å²) in [5.74, 6) is -2.52. The van der Waals surface area contributed by atoms with Crippen LogP contribution in [0, 0.1) is 16.5 Å². The number of nitrogens with zero attached hydrogens (tertiary/aromatic N) is 3. The molecule has 2 heterocycles. The predicted molar refractivity (Wildman–Crippen MR) is 117 cm³/mol. The highest BCUT2D eigenvalue weighted by Gasteiger charge is 2.27. The van der Waals surface area contributed by atoms with Gasteiger partial charge in [0.1, 0.15) is 11.5 Å². The first-order chi connectivity index (χ1) is 15.5. The molecule has 1 aliphatic carbocycles. The summed E-state index contributed by atoms with van der Waals surface area (Å²) in [5.41, 5.74) is 1.65. The van der Waals surface area contributed by atoms with Crippen LogP contribution in [0.5, 0.6) is 0 Å². The number of pyridine rings is 1. The molecule has 0 unspecified atom stereocenters. The van der Waals surface area contributed by atoms with E-state index in [0.717, 1.165) is 24.0 Å². The van der Waals surface area contributed by atoms with Crippen molar-refractivity contribution < 1.29 is 13.6 Å². The number of fused-ring (bicyclic) bond motifs is 1. The molecule has 4 aromatic rings. The van der Waals surface area contributed by atoms with Gasteiger partial charge in [-0.3, -0.25) is 4.79 Å². The molecule has 32 heavy (non-hydrogen) atoms. The molecule has 160 valence electrons. The Hall–Kier alpha value is -3.94. The predicted octanol–water partition coefficient (Wildman–Crippen LogP) is 5.89. The second kappa shape index (κ2) is 7.96. The average Bonchev–Trinajstić information content (AvgIpc) is 3.59. The second-order valence-electron chi connectivity index (χ2n) is 7.87. The summed E-state index contributed by atoms with van der Waals surface area (Å²) in [6.07, 6.45) is 5.18. The zero-order chi connectivity index (χ0) is 22.2. The zero-order valence-corrected chi connectivity index (χ0v) is 16.9. The quantitative estimate of drug-likeness (QED) is 0.386. The number of nitrogens with one attached hydrogen (secondary N) is 1. The molecule has 8 heteroatoms. The van der Waals surface area contributed by atoms with E-state index >= 15 is 4.39 Å². The molecule has 0 atom stereocenters. The minimum Gasteiger partial charge on any atom is -0.343 e. The van der Waals surface area contributed by atoms with Gasteiger partial charge in [-0.15, -0.1) is 4.91 Å². The number of anilines is 2. The fourth-order valence-electron chi connectivity index (χ4n) is 3.85. The summed E-state index contributed by atoms with van der Waals surface area (Å²) in [6.45, 7) is 0.462. The Kier molecular flexibility index (Phi) is 4.97. The number of hydrogen-bond acceptors (Lipinski definition) is 4. The smallest absolute Gasteiger partial charge is 0.320 e. The van der Waals surface area contributed by atoms with E-state index in [9.17, 15) is 14.1 Å². The van der Waals surface area contributed by atoms with Crippen molar-refractivity contribution in [2.75, 3.05) is 5.32 Å². The van der Waals surface area contributed by atoms with Crippen molar-refractivity contribution >= 4 is 28.3 Å². The number of nitroso groups, excluding NO2 is 1. The van der Waals surface area contributed by atoms with Crippen LogP contribution in [-0.2, 0) is 6.54 Å². The minimum atomic E-state index is -1.04. The van der Waals surface area contributed by atoms with Gasteiger partial charge < -0.3 is 9.88 Å². The third-order valence-corrected chi connectivity index (χ3v) is 5.67. The van der Waals surface area contributed by atoms with Gasteiger partial charge in [0.05, 0.1) is 11.1 Å². The highest BCUT2D eigenvalue weighted by Crippen LogP contribution is 2.41. The van der Waals surface area contributed by atoms with E-state index in [0.29, 0.717) is 12.1 Å². The van der Waals surface area contributed by atoms with Gasteiger partial charge in [-0.25, -0.2) is 13.8 Å². The standard InChI is InChI=1S/C24H18F2N4O2/c25-19-11-20-17(8-9-30(20)13-14-4-2-1-3-5-14)21(26)22(19)28-23-18(24(31)29-32)10-16(12-27-23)15-6-7-15/h1-5,8-12,15H,6-7,13H2,(H,27,28). The molecule has 5 rings (SSSR count). The van der Waals surface area contributed by atoms with Crippen LogP contribution in [0.1, 0.15) is 40.2 Å². The van der Waals surface area contributed by atoms with E-state index in [2.05, 4.69) is 15.5 Å². The minimum absolute atomic E-state index is 0.107. The molecule has 0 saturated heterocycles. The van der Waals surface area contributed by atoms with Gasteiger partial charge in [-0.05, 0) is 42.0 Å². The molecular weight excluding hydrogens is 414 g/mol. The molecule has 0 bridgehead atoms. The van der Waals surface area contributed by atoms with Crippen LogP contribution in [0.25, 0.3) is 10.9 Å². The third-order valence-electron chi connectivity index (χ3n) is 5.67. The van der Waals surface area contributed by atoms with Crippen LogP contribution in [0.4, 0.5) is 20.3 Å². The maximum absolute atomic E-state index is 15.3. The summed E-state index contributed by atoms with van der Waals surface area (Å²) in [4.78, 5) is 27.0. The van der Waals surface area contributed by atoms with Gasteiger partial charge in [0.25, 0.3) is 0 Å². The zero-order valence-electron chi connectivity index (χ0n) is 16.9. The lowest BCUT2D eigenvalue weighted by atomic mass is 10.1. The number of carbonyl (C=O) groups excluding carboxylic acids is 1. The average molecular weight is 432 g/mol. The van der Waals surface area contributed by atoms with Gasteiger partial charge >= 0.3 is 5.91 Å². The number of benzene rings is 2. The molecule has 1 saturated carbocycles. The van der Waals surface area contributed by atoms with Crippen LogP contribution < -0.4 is 5.32 Å². The Morgan fingerprint density at radius 3 is 2.66 bits per heavy atom. The molecule has 2 aromatic heterocycles. The van der Waals surface area contributed by atoms with Crippen LogP contribution >= 0.6 is 0 Å². The van der Waals surface area contributed by atoms with Crippen molar-refractivity contribution in [1.82, 2.24) is 9.55 Å². The lowest BCUT2D eigenvalue weighted by molar-refractivity contribution is 0.100. The summed E-state index contributed by atoms with van der Waals surface area (Å²) in [5, 5.41) is 5.25. The van der Waals surface area contributed by atoms with Gasteiger partial charge in [0.15, 0.2) is 11.6 Å². The molecule has 1 amide bonds. The van der Waals surface area contributed by atoms with Gasteiger partial charge in [-0.2, -0.15) is 0 Å². The van der Waals surface area contributed by atoms with Crippen LogP contribution in [-0.4, -0.2) is 15.5 Å². The van der Waals surface area contributed by atoms with Crippen molar-refractivity contribution in [3.8, 4) is 0 Å². The van der Waals surface area contributed by atoms with E-state index in [1.54, 1.807) is 23.0 Å². The monoisotopic (exact) mass is 432 g/mol. The maximum Gasteiger partial charge on any atom is 0.320 e. The van der Waals surface area contributed by atoms with E-state index in [1.165, 1.54) is 12.1 Å². The van der Waals surface area contributed by atoms with E-state index in [-0.39, 0.29) is 22.7 Å². The Morgan fingerprint density at radius 1 is 1.16 bits per heavy atom. The van der Waals surface area contributed by atoms with Gasteiger partial charge in [0.2, 0.25) is 0 Å². The lowest BCUT2D eigenvalue weighted by Gasteiger charge is -2.13. The number of amides is 1. The fourth-order valence-corrected chi connectivity index (χ4v) is 3.85. The Labute approximate surface area is 181 Å². The summed E-state index contributed by atoms with van der Waals surface area (Å²) < 4.78 is 32.0. The fraction of sp³-hybridized carbons (Fsp3) is 0.167. The highest BCUT2D eigenvalue weighted by atomic mass is 19.1. The molecule has 0 spiro atoms. The highest BCUT2D eigenvalue weighted by molar-refractivity contribution is 6.00. The number of halogens is 2. The van der Waals surface area contributed by atoms with Gasteiger partial charge in [-0.1, -0.05) is 30.3 Å². The van der Waals surface area contributed by atoms with E-state index in [1.807, 2.05) is 30.3 Å². The number of carbonyl (C=O) groups is 1. The molecular formula is C24H18F2N4O2. The van der Waals surface area contributed by atoms with Crippen molar-refractivity contribution in [1.29, 1.82) is 0 Å². The SMILES string of the molecule is O=NC(=O)c1cc(C2CC2)cnc1Nc1c(F)cc2c(ccn2Cc2ccccc2)c1F. The second-order valence-corrected chi connectivity index (χ2v) is 7.87. The molecule has 0 radical (unpaired) electrons. The summed E-state index contributed by atoms with van der Waals surface area (Å²) in [7, 11) is 0. The van der Waals surface area contributed by atoms with Crippen molar-refractivity contribution in [2.24, 2.45) is 5.18 Å². The normalized spacial score (nSPS) is 13.3. The summed E-state index contributed by atoms with van der Waals surface area (Å²) in [6, 6.07) is 13.9. The first-order valence-electron chi connectivity index (χ1n) is 10.2. The third kappa shape index (κ3) is 3.64. The molecule has 1 N–H and O–H groups in total. The number of hydrogen-bond donors (Lipinski definition) is 1. The van der Waals surface area contributed by atoms with Crippen molar-refractivity contribution in [2.45, 2.75) is 25.3 Å². The number of aromatic nitrogens is 2. The molecule has 1 fully saturated rings. The summed E-state index contributed by atoms with van der Waals surface area (Å²) >= 11 is 0. The molecule has 1 aliphatic rings.